The van der Waals surface area contributed by atoms with Gasteiger partial charge in [-0.2, -0.15) is 0 Å². The van der Waals surface area contributed by atoms with Crippen LogP contribution in [0, 0.1) is 5.41 Å². The average Bonchev–Trinajstić information content (AvgIpc) is 2.18. The zero-order chi connectivity index (χ0) is 12.1. The van der Waals surface area contributed by atoms with Gasteiger partial charge in [0, 0.05) is 5.57 Å². The highest BCUT2D eigenvalue weighted by molar-refractivity contribution is 5.86. The Morgan fingerprint density at radius 1 is 1.40 bits per heavy atom. The van der Waals surface area contributed by atoms with Crippen LogP contribution < -0.4 is 0 Å². The molecule has 0 aromatic rings. The van der Waals surface area contributed by atoms with E-state index in [1.165, 1.54) is 12.8 Å². The van der Waals surface area contributed by atoms with E-state index in [1.807, 2.05) is 0 Å². The Morgan fingerprint density at radius 2 is 1.93 bits per heavy atom. The quantitative estimate of drug-likeness (QED) is 0.242. The zero-order valence-electron chi connectivity index (χ0n) is 9.47. The summed E-state index contributed by atoms with van der Waals surface area (Å²) >= 11 is 0. The summed E-state index contributed by atoms with van der Waals surface area (Å²) in [5.41, 5.74) is 0.477. The molecular formula is C11H19NO3. The number of unbranched alkanes of at least 4 members (excludes halogenated alkanes) is 3. The van der Waals surface area contributed by atoms with Crippen molar-refractivity contribution in [2.45, 2.75) is 39.5 Å². The topological polar surface area (TPSA) is 67.2 Å². The lowest BCUT2D eigenvalue weighted by molar-refractivity contribution is -0.139. The van der Waals surface area contributed by atoms with Gasteiger partial charge in [-0.25, -0.2) is 15.0 Å². The fourth-order valence-corrected chi connectivity index (χ4v) is 0.817. The minimum Gasteiger partial charge on any atom is -0.462 e. The van der Waals surface area contributed by atoms with Crippen molar-refractivity contribution in [3.63, 3.8) is 0 Å². The Kier molecular flexibility index (Phi) is 13.5. The van der Waals surface area contributed by atoms with E-state index in [0.717, 1.165) is 18.9 Å². The summed E-state index contributed by atoms with van der Waals surface area (Å²) in [4.78, 5) is 19.2. The first-order valence-electron chi connectivity index (χ1n) is 4.96. The number of nitrogens with one attached hydrogen (secondary N) is 1. The molecule has 0 aliphatic rings. The molecule has 0 saturated heterocycles. The van der Waals surface area contributed by atoms with Crippen LogP contribution in [-0.2, 0) is 14.3 Å². The molecule has 0 atom stereocenters. The van der Waals surface area contributed by atoms with Gasteiger partial charge in [0.05, 0.1) is 6.61 Å². The predicted molar refractivity (Wildman–Crippen MR) is 58.3 cm³/mol. The minimum absolute atomic E-state index is 0.272. The molecular weight excluding hydrogens is 194 g/mol. The molecule has 15 heavy (non-hydrogen) atoms. The third-order valence-electron chi connectivity index (χ3n) is 1.58. The van der Waals surface area contributed by atoms with E-state index in [0.29, 0.717) is 12.2 Å². The van der Waals surface area contributed by atoms with Crippen LogP contribution >= 0.6 is 0 Å². The van der Waals surface area contributed by atoms with Gasteiger partial charge in [-0.15, -0.1) is 0 Å². The summed E-state index contributed by atoms with van der Waals surface area (Å²) in [7, 11) is 0. The molecule has 0 rings (SSSR count). The number of rotatable bonds is 6. The molecule has 86 valence electrons. The number of carbonyl (C=O) groups is 1. The third-order valence-corrected chi connectivity index (χ3v) is 1.58. The van der Waals surface area contributed by atoms with Crippen molar-refractivity contribution >= 4 is 12.0 Å². The molecule has 0 aromatic heterocycles. The smallest absolute Gasteiger partial charge is 0.333 e. The van der Waals surface area contributed by atoms with Crippen LogP contribution in [0.1, 0.15) is 39.5 Å². The SMILES string of the molecule is C=C(C)C(=O)OCCCCCC.N=C=O. The van der Waals surface area contributed by atoms with Crippen molar-refractivity contribution in [1.29, 1.82) is 5.41 Å². The number of hydrogen-bond acceptors (Lipinski definition) is 4. The van der Waals surface area contributed by atoms with Crippen molar-refractivity contribution in [2.24, 2.45) is 0 Å². The highest BCUT2D eigenvalue weighted by Crippen LogP contribution is 2.00. The Balaban J connectivity index is 0. The summed E-state index contributed by atoms with van der Waals surface area (Å²) in [6.45, 7) is 7.84. The predicted octanol–water partition coefficient (Wildman–Crippen LogP) is 2.59. The lowest BCUT2D eigenvalue weighted by Crippen LogP contribution is -2.05. The normalized spacial score (nSPS) is 8.13. The lowest BCUT2D eigenvalue weighted by atomic mass is 10.2. The summed E-state index contributed by atoms with van der Waals surface area (Å²) in [6.07, 6.45) is 5.27. The monoisotopic (exact) mass is 213 g/mol. The molecule has 0 amide bonds. The zero-order valence-corrected chi connectivity index (χ0v) is 9.47. The molecule has 4 heteroatoms. The largest absolute Gasteiger partial charge is 0.462 e. The number of isocyanates is 1. The maximum atomic E-state index is 10.9. The fourth-order valence-electron chi connectivity index (χ4n) is 0.817. The Hall–Kier alpha value is -1.41. The van der Waals surface area contributed by atoms with Crippen molar-refractivity contribution < 1.29 is 14.3 Å². The van der Waals surface area contributed by atoms with Crippen LogP contribution in [0.25, 0.3) is 0 Å². The number of esters is 1. The Morgan fingerprint density at radius 3 is 2.33 bits per heavy atom. The molecule has 0 aromatic carbocycles. The highest BCUT2D eigenvalue weighted by Gasteiger charge is 2.00. The van der Waals surface area contributed by atoms with Gasteiger partial charge in [0.15, 0.2) is 0 Å². The molecule has 4 nitrogen and oxygen atoms in total. The van der Waals surface area contributed by atoms with Crippen LogP contribution in [0.15, 0.2) is 12.2 Å². The summed E-state index contributed by atoms with van der Waals surface area (Å²) < 4.78 is 4.91. The van der Waals surface area contributed by atoms with Gasteiger partial charge >= 0.3 is 5.97 Å². The first-order chi connectivity index (χ1) is 7.09. The standard InChI is InChI=1S/C10H18O2.CHNO/c1-4-5-6-7-8-12-10(11)9(2)3;2-1-3/h2,4-8H2,1,3H3;2H. The fraction of sp³-hybridized carbons (Fsp3) is 0.636. The van der Waals surface area contributed by atoms with E-state index in [1.54, 1.807) is 6.92 Å². The second kappa shape index (κ2) is 12.6. The summed E-state index contributed by atoms with van der Waals surface area (Å²) in [5, 5.41) is 5.40. The van der Waals surface area contributed by atoms with Gasteiger partial charge in [-0.3, -0.25) is 0 Å². The number of ether oxygens (including phenoxy) is 1. The number of hydrogen-bond donors (Lipinski definition) is 1. The first kappa shape index (κ1) is 16.0. The molecule has 0 saturated carbocycles. The second-order valence-electron chi connectivity index (χ2n) is 3.08. The average molecular weight is 213 g/mol. The Labute approximate surface area is 90.8 Å². The Bertz CT molecular complexity index is 218. The number of carbonyl (C=O) groups excluding carboxylic acids is 2. The molecule has 0 fully saturated rings. The van der Waals surface area contributed by atoms with Gasteiger partial charge in [0.1, 0.15) is 0 Å². The maximum Gasteiger partial charge on any atom is 0.333 e. The van der Waals surface area contributed by atoms with Crippen LogP contribution in [0.2, 0.25) is 0 Å². The van der Waals surface area contributed by atoms with Gasteiger partial charge in [-0.1, -0.05) is 32.8 Å². The van der Waals surface area contributed by atoms with Crippen molar-refractivity contribution in [3.05, 3.63) is 12.2 Å². The molecule has 0 spiro atoms. The van der Waals surface area contributed by atoms with Crippen molar-refractivity contribution in [3.8, 4) is 0 Å². The molecule has 0 aliphatic heterocycles. The molecule has 0 unspecified atom stereocenters. The van der Waals surface area contributed by atoms with E-state index in [9.17, 15) is 4.79 Å². The summed E-state index contributed by atoms with van der Waals surface area (Å²) in [5.74, 6) is -0.272. The molecule has 0 bridgehead atoms. The van der Waals surface area contributed by atoms with Gasteiger partial charge in [0.2, 0.25) is 6.08 Å². The van der Waals surface area contributed by atoms with Crippen molar-refractivity contribution in [1.82, 2.24) is 0 Å². The molecule has 0 aliphatic carbocycles. The van der Waals surface area contributed by atoms with Crippen LogP contribution in [-0.4, -0.2) is 18.7 Å². The van der Waals surface area contributed by atoms with E-state index < -0.39 is 0 Å². The van der Waals surface area contributed by atoms with Crippen molar-refractivity contribution in [2.75, 3.05) is 6.61 Å². The second-order valence-corrected chi connectivity index (χ2v) is 3.08. The van der Waals surface area contributed by atoms with Gasteiger partial charge in [0.25, 0.3) is 0 Å². The van der Waals surface area contributed by atoms with Crippen LogP contribution in [0.5, 0.6) is 0 Å². The summed E-state index contributed by atoms with van der Waals surface area (Å²) in [6, 6.07) is 0. The third kappa shape index (κ3) is 15.4. The van der Waals surface area contributed by atoms with Crippen LogP contribution in [0.3, 0.4) is 0 Å². The highest BCUT2D eigenvalue weighted by atomic mass is 16.5. The van der Waals surface area contributed by atoms with Crippen LogP contribution in [0.4, 0.5) is 0 Å². The minimum atomic E-state index is -0.272. The van der Waals surface area contributed by atoms with E-state index in [4.69, 9.17) is 14.9 Å². The molecule has 0 radical (unpaired) electrons. The molecule has 1 N–H and O–H groups in total. The van der Waals surface area contributed by atoms with Gasteiger partial charge in [-0.05, 0) is 13.3 Å². The first-order valence-corrected chi connectivity index (χ1v) is 4.96. The van der Waals surface area contributed by atoms with Gasteiger partial charge < -0.3 is 4.74 Å². The van der Waals surface area contributed by atoms with E-state index in [-0.39, 0.29) is 5.97 Å². The van der Waals surface area contributed by atoms with E-state index >= 15 is 0 Å². The van der Waals surface area contributed by atoms with E-state index in [2.05, 4.69) is 13.5 Å². The molecule has 0 heterocycles. The lowest BCUT2D eigenvalue weighted by Gasteiger charge is -2.02. The maximum absolute atomic E-state index is 10.9.